The second-order valence-corrected chi connectivity index (χ2v) is 5.47. The van der Waals surface area contributed by atoms with Gasteiger partial charge in [0.1, 0.15) is 5.75 Å². The Balaban J connectivity index is 1.97. The van der Waals surface area contributed by atoms with Crippen LogP contribution >= 0.6 is 0 Å². The van der Waals surface area contributed by atoms with Gasteiger partial charge in [-0.15, -0.1) is 0 Å². The van der Waals surface area contributed by atoms with Crippen LogP contribution in [0, 0.1) is 12.8 Å². The maximum absolute atomic E-state index is 12.3. The van der Waals surface area contributed by atoms with E-state index in [9.17, 15) is 13.6 Å². The van der Waals surface area contributed by atoms with Crippen molar-refractivity contribution >= 4 is 11.6 Å². The Hall–Kier alpha value is -1.69. The summed E-state index contributed by atoms with van der Waals surface area (Å²) in [6, 6.07) is 4.79. The number of aryl methyl sites for hydroxylation is 1. The van der Waals surface area contributed by atoms with Gasteiger partial charge in [-0.25, -0.2) is 0 Å². The monoisotopic (exact) mass is 298 g/mol. The molecule has 0 spiro atoms. The number of amides is 1. The summed E-state index contributed by atoms with van der Waals surface area (Å²) >= 11 is 0. The molecule has 1 aromatic rings. The van der Waals surface area contributed by atoms with Gasteiger partial charge in [-0.3, -0.25) is 4.79 Å². The lowest BCUT2D eigenvalue weighted by Crippen LogP contribution is -2.28. The Morgan fingerprint density at radius 2 is 2.24 bits per heavy atom. The second-order valence-electron chi connectivity index (χ2n) is 5.47. The molecule has 1 aromatic carbocycles. The molecular formula is C15H20F2N2O2. The highest BCUT2D eigenvalue weighted by molar-refractivity contribution is 5.91. The topological polar surface area (TPSA) is 64.4 Å². The van der Waals surface area contributed by atoms with Gasteiger partial charge in [0.25, 0.3) is 0 Å². The molecule has 4 nitrogen and oxygen atoms in total. The number of rotatable bonds is 5. The number of hydrogen-bond donors (Lipinski definition) is 2. The summed E-state index contributed by atoms with van der Waals surface area (Å²) in [7, 11) is 0. The largest absolute Gasteiger partial charge is 0.434 e. The van der Waals surface area contributed by atoms with E-state index in [0.29, 0.717) is 17.7 Å². The highest BCUT2D eigenvalue weighted by atomic mass is 19.3. The third-order valence-electron chi connectivity index (χ3n) is 3.85. The minimum absolute atomic E-state index is 0.0698. The van der Waals surface area contributed by atoms with Gasteiger partial charge in [-0.1, -0.05) is 12.5 Å². The number of halogens is 2. The van der Waals surface area contributed by atoms with Crippen LogP contribution in [0.2, 0.25) is 0 Å². The molecule has 0 heterocycles. The van der Waals surface area contributed by atoms with E-state index in [2.05, 4.69) is 10.1 Å². The molecule has 2 rings (SSSR count). The van der Waals surface area contributed by atoms with E-state index in [-0.39, 0.29) is 23.6 Å². The molecule has 6 heteroatoms. The number of benzene rings is 1. The predicted molar refractivity (Wildman–Crippen MR) is 76.4 cm³/mol. The number of nitrogens with one attached hydrogen (secondary N) is 1. The summed E-state index contributed by atoms with van der Waals surface area (Å²) in [5.74, 6) is 0.122. The van der Waals surface area contributed by atoms with Crippen LogP contribution in [0.4, 0.5) is 14.5 Å². The summed E-state index contributed by atoms with van der Waals surface area (Å²) in [6.45, 7) is -1.22. The molecular weight excluding hydrogens is 278 g/mol. The summed E-state index contributed by atoms with van der Waals surface area (Å²) < 4.78 is 29.0. The minimum atomic E-state index is -2.88. The third-order valence-corrected chi connectivity index (χ3v) is 3.85. The van der Waals surface area contributed by atoms with Crippen LogP contribution in [0.5, 0.6) is 5.75 Å². The van der Waals surface area contributed by atoms with Gasteiger partial charge in [0.2, 0.25) is 5.91 Å². The van der Waals surface area contributed by atoms with Gasteiger partial charge >= 0.3 is 6.61 Å². The number of nitrogens with two attached hydrogens (primary N) is 1. The molecule has 1 fully saturated rings. The predicted octanol–water partition coefficient (Wildman–Crippen LogP) is 3.05. The fourth-order valence-corrected chi connectivity index (χ4v) is 2.67. The number of anilines is 1. The van der Waals surface area contributed by atoms with Crippen molar-refractivity contribution in [2.75, 3.05) is 5.32 Å². The van der Waals surface area contributed by atoms with Gasteiger partial charge in [-0.2, -0.15) is 8.78 Å². The fourth-order valence-electron chi connectivity index (χ4n) is 2.67. The number of carbonyl (C=O) groups is 1. The molecule has 1 saturated carbocycles. The first-order valence-electron chi connectivity index (χ1n) is 7.06. The number of alkyl halides is 2. The lowest BCUT2D eigenvalue weighted by atomic mass is 10.00. The van der Waals surface area contributed by atoms with Crippen molar-refractivity contribution in [1.29, 1.82) is 0 Å². The fraction of sp³-hybridized carbons (Fsp3) is 0.533. The molecule has 0 unspecified atom stereocenters. The lowest BCUT2D eigenvalue weighted by molar-refractivity contribution is -0.117. The molecule has 1 amide bonds. The molecule has 1 aliphatic rings. The molecule has 0 bridgehead atoms. The normalized spacial score (nSPS) is 21.6. The van der Waals surface area contributed by atoms with Crippen LogP contribution in [0.1, 0.15) is 31.2 Å². The Morgan fingerprint density at radius 1 is 1.48 bits per heavy atom. The molecule has 21 heavy (non-hydrogen) atoms. The Bertz CT molecular complexity index is 508. The van der Waals surface area contributed by atoms with E-state index in [1.54, 1.807) is 19.1 Å². The molecule has 0 aromatic heterocycles. The van der Waals surface area contributed by atoms with Crippen LogP contribution in [-0.2, 0) is 4.79 Å². The van der Waals surface area contributed by atoms with Gasteiger partial charge in [0.05, 0.1) is 0 Å². The standard InChI is InChI=1S/C15H20F2N2O2/c1-9-5-6-11(8-13(9)21-15(16)17)19-14(20)7-10-3-2-4-12(10)18/h5-6,8,10,12,15H,2-4,7,18H2,1H3,(H,19,20)/t10-,12+/m0/s1. The lowest BCUT2D eigenvalue weighted by Gasteiger charge is -2.15. The zero-order chi connectivity index (χ0) is 15.4. The van der Waals surface area contributed by atoms with E-state index in [1.165, 1.54) is 6.07 Å². The van der Waals surface area contributed by atoms with Gasteiger partial charge in [-0.05, 0) is 37.3 Å². The maximum Gasteiger partial charge on any atom is 0.387 e. The first kappa shape index (κ1) is 15.7. The van der Waals surface area contributed by atoms with Crippen molar-refractivity contribution in [1.82, 2.24) is 0 Å². The summed E-state index contributed by atoms with van der Waals surface area (Å²) in [4.78, 5) is 12.0. The Morgan fingerprint density at radius 3 is 2.86 bits per heavy atom. The quantitative estimate of drug-likeness (QED) is 0.878. The van der Waals surface area contributed by atoms with Crippen LogP contribution in [0.25, 0.3) is 0 Å². The Labute approximate surface area is 122 Å². The van der Waals surface area contributed by atoms with E-state index in [1.807, 2.05) is 0 Å². The smallest absolute Gasteiger partial charge is 0.387 e. The molecule has 1 aliphatic carbocycles. The van der Waals surface area contributed by atoms with E-state index < -0.39 is 6.61 Å². The van der Waals surface area contributed by atoms with E-state index in [4.69, 9.17) is 5.73 Å². The highest BCUT2D eigenvalue weighted by Gasteiger charge is 2.26. The van der Waals surface area contributed by atoms with Gasteiger partial charge in [0.15, 0.2) is 0 Å². The van der Waals surface area contributed by atoms with Crippen molar-refractivity contribution in [3.63, 3.8) is 0 Å². The van der Waals surface area contributed by atoms with Crippen LogP contribution in [-0.4, -0.2) is 18.6 Å². The van der Waals surface area contributed by atoms with Crippen LogP contribution in [0.3, 0.4) is 0 Å². The highest BCUT2D eigenvalue weighted by Crippen LogP contribution is 2.28. The van der Waals surface area contributed by atoms with Crippen molar-refractivity contribution in [2.24, 2.45) is 11.7 Å². The summed E-state index contributed by atoms with van der Waals surface area (Å²) in [5, 5.41) is 2.71. The maximum atomic E-state index is 12.3. The van der Waals surface area contributed by atoms with Crippen molar-refractivity contribution in [3.05, 3.63) is 23.8 Å². The number of ether oxygens (including phenoxy) is 1. The molecule has 2 atom stereocenters. The zero-order valence-corrected chi connectivity index (χ0v) is 11.9. The molecule has 0 saturated heterocycles. The molecule has 116 valence electrons. The van der Waals surface area contributed by atoms with E-state index >= 15 is 0 Å². The summed E-state index contributed by atoms with van der Waals surface area (Å²) in [5.41, 5.74) is 6.98. The zero-order valence-electron chi connectivity index (χ0n) is 11.9. The van der Waals surface area contributed by atoms with Crippen molar-refractivity contribution in [3.8, 4) is 5.75 Å². The molecule has 3 N–H and O–H groups in total. The first-order valence-corrected chi connectivity index (χ1v) is 7.06. The number of hydrogen-bond acceptors (Lipinski definition) is 3. The SMILES string of the molecule is Cc1ccc(NC(=O)C[C@@H]2CCC[C@H]2N)cc1OC(F)F. The first-order chi connectivity index (χ1) is 9.95. The average Bonchev–Trinajstić information content (AvgIpc) is 2.78. The third kappa shape index (κ3) is 4.39. The van der Waals surface area contributed by atoms with Crippen molar-refractivity contribution < 1.29 is 18.3 Å². The van der Waals surface area contributed by atoms with E-state index in [0.717, 1.165) is 19.3 Å². The molecule has 0 radical (unpaired) electrons. The van der Waals surface area contributed by atoms with Gasteiger partial charge < -0.3 is 15.8 Å². The van der Waals surface area contributed by atoms with Gasteiger partial charge in [0, 0.05) is 24.2 Å². The number of carbonyl (C=O) groups excluding carboxylic acids is 1. The minimum Gasteiger partial charge on any atom is -0.434 e. The Kier molecular flexibility index (Phi) is 5.12. The van der Waals surface area contributed by atoms with Crippen molar-refractivity contribution in [2.45, 2.75) is 45.3 Å². The second kappa shape index (κ2) is 6.85. The average molecular weight is 298 g/mol. The van der Waals surface area contributed by atoms with Crippen LogP contribution in [0.15, 0.2) is 18.2 Å². The van der Waals surface area contributed by atoms with Crippen LogP contribution < -0.4 is 15.8 Å². The summed E-state index contributed by atoms with van der Waals surface area (Å²) in [6.07, 6.45) is 3.33. The molecule has 0 aliphatic heterocycles.